The molecule has 0 spiro atoms. The standard InChI is InChI=1S/C18H22OS/c19-18(15-7-2-1-3-8-15)13-20-17-11-10-14-6-4-5-9-16(14)12-17/h4-6,9-12,15,18-19H,1-3,7-8,13H2. The molecule has 20 heavy (non-hydrogen) atoms. The smallest absolute Gasteiger partial charge is 0.0662 e. The van der Waals surface area contributed by atoms with E-state index in [0.717, 1.165) is 5.75 Å². The van der Waals surface area contributed by atoms with Crippen molar-refractivity contribution in [1.29, 1.82) is 0 Å². The molecule has 0 amide bonds. The van der Waals surface area contributed by atoms with Gasteiger partial charge < -0.3 is 5.11 Å². The molecule has 1 atom stereocenters. The van der Waals surface area contributed by atoms with Crippen molar-refractivity contribution in [2.45, 2.75) is 43.1 Å². The second-order valence-electron chi connectivity index (χ2n) is 5.79. The van der Waals surface area contributed by atoms with E-state index in [4.69, 9.17) is 0 Å². The Morgan fingerprint density at radius 3 is 2.55 bits per heavy atom. The van der Waals surface area contributed by atoms with Crippen molar-refractivity contribution < 1.29 is 5.11 Å². The third kappa shape index (κ3) is 3.36. The van der Waals surface area contributed by atoms with Crippen LogP contribution in [0, 0.1) is 5.92 Å². The van der Waals surface area contributed by atoms with E-state index in [1.165, 1.54) is 47.8 Å². The lowest BCUT2D eigenvalue weighted by molar-refractivity contribution is 0.105. The molecule has 1 unspecified atom stereocenters. The molecule has 0 heterocycles. The average molecular weight is 286 g/mol. The second-order valence-corrected chi connectivity index (χ2v) is 6.88. The topological polar surface area (TPSA) is 20.2 Å². The number of hydrogen-bond donors (Lipinski definition) is 1. The summed E-state index contributed by atoms with van der Waals surface area (Å²) in [5, 5.41) is 12.9. The highest BCUT2D eigenvalue weighted by Crippen LogP contribution is 2.30. The van der Waals surface area contributed by atoms with E-state index in [2.05, 4.69) is 42.5 Å². The molecule has 106 valence electrons. The van der Waals surface area contributed by atoms with E-state index in [9.17, 15) is 5.11 Å². The molecule has 2 heteroatoms. The lowest BCUT2D eigenvalue weighted by Gasteiger charge is -2.26. The zero-order valence-corrected chi connectivity index (χ0v) is 12.6. The Morgan fingerprint density at radius 1 is 1.00 bits per heavy atom. The third-order valence-electron chi connectivity index (χ3n) is 4.34. The quantitative estimate of drug-likeness (QED) is 0.809. The summed E-state index contributed by atoms with van der Waals surface area (Å²) in [6, 6.07) is 15.0. The van der Waals surface area contributed by atoms with Gasteiger partial charge in [-0.2, -0.15) is 0 Å². The number of fused-ring (bicyclic) bond motifs is 1. The fourth-order valence-corrected chi connectivity index (χ4v) is 4.10. The largest absolute Gasteiger partial charge is 0.392 e. The van der Waals surface area contributed by atoms with Gasteiger partial charge in [-0.1, -0.05) is 49.6 Å². The van der Waals surface area contributed by atoms with Crippen LogP contribution in [0.3, 0.4) is 0 Å². The van der Waals surface area contributed by atoms with Crippen molar-refractivity contribution in [2.75, 3.05) is 5.75 Å². The number of hydrogen-bond acceptors (Lipinski definition) is 2. The van der Waals surface area contributed by atoms with Crippen LogP contribution >= 0.6 is 11.8 Å². The molecule has 2 aromatic carbocycles. The zero-order chi connectivity index (χ0) is 13.8. The lowest BCUT2D eigenvalue weighted by atomic mass is 9.86. The first-order valence-corrected chi connectivity index (χ1v) is 8.61. The predicted molar refractivity (Wildman–Crippen MR) is 87.3 cm³/mol. The van der Waals surface area contributed by atoms with Gasteiger partial charge in [-0.3, -0.25) is 0 Å². The fraction of sp³-hybridized carbons (Fsp3) is 0.444. The van der Waals surface area contributed by atoms with Crippen LogP contribution in [0.2, 0.25) is 0 Å². The van der Waals surface area contributed by atoms with E-state index in [1.807, 2.05) is 0 Å². The molecule has 1 aliphatic rings. The van der Waals surface area contributed by atoms with Crippen LogP contribution in [-0.2, 0) is 0 Å². The first-order chi connectivity index (χ1) is 9.83. The van der Waals surface area contributed by atoms with Gasteiger partial charge in [0.05, 0.1) is 6.10 Å². The summed E-state index contributed by atoms with van der Waals surface area (Å²) in [6.45, 7) is 0. The minimum Gasteiger partial charge on any atom is -0.392 e. The van der Waals surface area contributed by atoms with Crippen molar-refractivity contribution >= 4 is 22.5 Å². The van der Waals surface area contributed by atoms with Crippen molar-refractivity contribution in [3.8, 4) is 0 Å². The molecule has 1 N–H and O–H groups in total. The second kappa shape index (κ2) is 6.64. The van der Waals surface area contributed by atoms with Gasteiger partial charge >= 0.3 is 0 Å². The van der Waals surface area contributed by atoms with Gasteiger partial charge in [0.25, 0.3) is 0 Å². The van der Waals surface area contributed by atoms with Crippen LogP contribution in [-0.4, -0.2) is 17.0 Å². The van der Waals surface area contributed by atoms with Gasteiger partial charge in [-0.25, -0.2) is 0 Å². The normalized spacial score (nSPS) is 18.2. The summed E-state index contributed by atoms with van der Waals surface area (Å²) < 4.78 is 0. The molecule has 0 bridgehead atoms. The van der Waals surface area contributed by atoms with E-state index in [-0.39, 0.29) is 6.10 Å². The maximum absolute atomic E-state index is 10.3. The molecule has 1 saturated carbocycles. The monoisotopic (exact) mass is 286 g/mol. The molecular weight excluding hydrogens is 264 g/mol. The average Bonchev–Trinajstić information content (AvgIpc) is 2.53. The van der Waals surface area contributed by atoms with Crippen molar-refractivity contribution in [3.05, 3.63) is 42.5 Å². The van der Waals surface area contributed by atoms with E-state index in [1.54, 1.807) is 11.8 Å². The number of thioether (sulfide) groups is 1. The lowest BCUT2D eigenvalue weighted by Crippen LogP contribution is -2.24. The highest BCUT2D eigenvalue weighted by Gasteiger charge is 2.21. The minimum atomic E-state index is -0.147. The Kier molecular flexibility index (Phi) is 4.64. The van der Waals surface area contributed by atoms with E-state index >= 15 is 0 Å². The zero-order valence-electron chi connectivity index (χ0n) is 11.8. The Labute approximate surface area is 125 Å². The molecule has 1 fully saturated rings. The molecule has 3 rings (SSSR count). The molecule has 0 aromatic heterocycles. The summed E-state index contributed by atoms with van der Waals surface area (Å²) in [4.78, 5) is 1.26. The van der Waals surface area contributed by atoms with E-state index < -0.39 is 0 Å². The Balaban J connectivity index is 1.61. The van der Waals surface area contributed by atoms with Crippen molar-refractivity contribution in [2.24, 2.45) is 5.92 Å². The highest BCUT2D eigenvalue weighted by molar-refractivity contribution is 7.99. The molecule has 2 aromatic rings. The minimum absolute atomic E-state index is 0.147. The SMILES string of the molecule is OC(CSc1ccc2ccccc2c1)C1CCCCC1. The number of aliphatic hydroxyl groups excluding tert-OH is 1. The molecule has 0 saturated heterocycles. The first kappa shape index (κ1) is 14.0. The summed E-state index contributed by atoms with van der Waals surface area (Å²) in [6.07, 6.45) is 6.21. The molecule has 1 nitrogen and oxygen atoms in total. The fourth-order valence-electron chi connectivity index (χ4n) is 3.09. The summed E-state index contributed by atoms with van der Waals surface area (Å²) in [5.74, 6) is 1.35. The van der Waals surface area contributed by atoms with Crippen LogP contribution in [0.5, 0.6) is 0 Å². The van der Waals surface area contributed by atoms with Gasteiger partial charge in [0.1, 0.15) is 0 Å². The van der Waals surface area contributed by atoms with Crippen molar-refractivity contribution in [3.63, 3.8) is 0 Å². The number of benzene rings is 2. The van der Waals surface area contributed by atoms with Crippen molar-refractivity contribution in [1.82, 2.24) is 0 Å². The van der Waals surface area contributed by atoms with Crippen LogP contribution in [0.1, 0.15) is 32.1 Å². The maximum atomic E-state index is 10.3. The number of aliphatic hydroxyl groups is 1. The van der Waals surface area contributed by atoms with Crippen LogP contribution in [0.4, 0.5) is 0 Å². The highest BCUT2D eigenvalue weighted by atomic mass is 32.2. The first-order valence-electron chi connectivity index (χ1n) is 7.62. The summed E-state index contributed by atoms with van der Waals surface area (Å²) in [5.41, 5.74) is 0. The Morgan fingerprint density at radius 2 is 1.75 bits per heavy atom. The molecule has 0 radical (unpaired) electrons. The van der Waals surface area contributed by atoms with Gasteiger partial charge in [0.15, 0.2) is 0 Å². The molecular formula is C18H22OS. The van der Waals surface area contributed by atoms with Gasteiger partial charge in [-0.05, 0) is 41.7 Å². The van der Waals surface area contributed by atoms with Gasteiger partial charge in [-0.15, -0.1) is 11.8 Å². The van der Waals surface area contributed by atoms with Crippen LogP contribution < -0.4 is 0 Å². The number of rotatable bonds is 4. The third-order valence-corrected chi connectivity index (χ3v) is 5.43. The van der Waals surface area contributed by atoms with Crippen LogP contribution in [0.25, 0.3) is 10.8 Å². The molecule has 0 aliphatic heterocycles. The molecule has 1 aliphatic carbocycles. The Hall–Kier alpha value is -0.990. The van der Waals surface area contributed by atoms with E-state index in [0.29, 0.717) is 5.92 Å². The Bertz CT molecular complexity index is 560. The summed E-state index contributed by atoms with van der Waals surface area (Å²) >= 11 is 1.79. The van der Waals surface area contributed by atoms with Gasteiger partial charge in [0, 0.05) is 10.6 Å². The maximum Gasteiger partial charge on any atom is 0.0662 e. The van der Waals surface area contributed by atoms with Gasteiger partial charge in [0.2, 0.25) is 0 Å². The van der Waals surface area contributed by atoms with Crippen LogP contribution in [0.15, 0.2) is 47.4 Å². The predicted octanol–water partition coefficient (Wildman–Crippen LogP) is 4.87. The summed E-state index contributed by atoms with van der Waals surface area (Å²) in [7, 11) is 0.